The number of benzene rings is 1. The highest BCUT2D eigenvalue weighted by atomic mass is 16.5. The van der Waals surface area contributed by atoms with E-state index in [1.54, 1.807) is 0 Å². The van der Waals surface area contributed by atoms with Crippen LogP contribution < -0.4 is 0 Å². The van der Waals surface area contributed by atoms with Gasteiger partial charge in [0.15, 0.2) is 0 Å². The summed E-state index contributed by atoms with van der Waals surface area (Å²) in [6.07, 6.45) is 1.32. The summed E-state index contributed by atoms with van der Waals surface area (Å²) < 4.78 is 5.33. The molecule has 0 aromatic heterocycles. The lowest BCUT2D eigenvalue weighted by atomic mass is 9.85. The topological polar surface area (TPSA) is 12.5 Å². The van der Waals surface area contributed by atoms with Gasteiger partial charge in [0.25, 0.3) is 0 Å². The standard InChI is InChI=1S/C13H17NO/c1-2-4-12(5-3-1)8-14-7-6-13(9-14)10-15-11-13/h1-5H,6-11H2. The van der Waals surface area contributed by atoms with E-state index in [1.165, 1.54) is 25.1 Å². The number of hydrogen-bond acceptors (Lipinski definition) is 2. The fourth-order valence-corrected chi connectivity index (χ4v) is 2.63. The predicted octanol–water partition coefficient (Wildman–Crippen LogP) is 1.91. The van der Waals surface area contributed by atoms with E-state index in [0.717, 1.165) is 19.8 Å². The summed E-state index contributed by atoms with van der Waals surface area (Å²) in [4.78, 5) is 2.55. The van der Waals surface area contributed by atoms with Crippen molar-refractivity contribution in [2.75, 3.05) is 26.3 Å². The van der Waals surface area contributed by atoms with Crippen LogP contribution in [0.4, 0.5) is 0 Å². The Morgan fingerprint density at radius 1 is 1.20 bits per heavy atom. The third-order valence-corrected chi connectivity index (χ3v) is 3.58. The van der Waals surface area contributed by atoms with Gasteiger partial charge < -0.3 is 4.74 Å². The van der Waals surface area contributed by atoms with Crippen molar-refractivity contribution in [3.63, 3.8) is 0 Å². The van der Waals surface area contributed by atoms with Gasteiger partial charge in [0.1, 0.15) is 0 Å². The van der Waals surface area contributed by atoms with Gasteiger partial charge in [0.2, 0.25) is 0 Å². The van der Waals surface area contributed by atoms with Crippen molar-refractivity contribution in [1.29, 1.82) is 0 Å². The van der Waals surface area contributed by atoms with Crippen molar-refractivity contribution >= 4 is 0 Å². The molecule has 0 bridgehead atoms. The van der Waals surface area contributed by atoms with Crippen LogP contribution in [0.3, 0.4) is 0 Å². The van der Waals surface area contributed by atoms with Crippen LogP contribution in [0.25, 0.3) is 0 Å². The second-order valence-electron chi connectivity index (χ2n) is 4.94. The lowest BCUT2D eigenvalue weighted by Gasteiger charge is -2.37. The van der Waals surface area contributed by atoms with Gasteiger partial charge in [-0.15, -0.1) is 0 Å². The number of nitrogens with zero attached hydrogens (tertiary/aromatic N) is 1. The highest BCUT2D eigenvalue weighted by Crippen LogP contribution is 2.37. The third-order valence-electron chi connectivity index (χ3n) is 3.58. The maximum absolute atomic E-state index is 5.33. The molecule has 2 heterocycles. The van der Waals surface area contributed by atoms with Crippen LogP contribution in [0.5, 0.6) is 0 Å². The van der Waals surface area contributed by atoms with Crippen LogP contribution in [-0.4, -0.2) is 31.2 Å². The van der Waals surface area contributed by atoms with Crippen molar-refractivity contribution in [3.05, 3.63) is 35.9 Å². The summed E-state index contributed by atoms with van der Waals surface area (Å²) in [5.41, 5.74) is 1.95. The van der Waals surface area contributed by atoms with Gasteiger partial charge in [-0.05, 0) is 18.5 Å². The molecule has 2 heteroatoms. The van der Waals surface area contributed by atoms with Gasteiger partial charge in [-0.25, -0.2) is 0 Å². The van der Waals surface area contributed by atoms with Crippen LogP contribution in [0.15, 0.2) is 30.3 Å². The van der Waals surface area contributed by atoms with Gasteiger partial charge in [-0.2, -0.15) is 0 Å². The van der Waals surface area contributed by atoms with E-state index in [-0.39, 0.29) is 0 Å². The van der Waals surface area contributed by atoms with Crippen molar-refractivity contribution in [3.8, 4) is 0 Å². The van der Waals surface area contributed by atoms with Crippen LogP contribution in [0.1, 0.15) is 12.0 Å². The second-order valence-corrected chi connectivity index (χ2v) is 4.94. The van der Waals surface area contributed by atoms with Crippen LogP contribution in [0, 0.1) is 5.41 Å². The molecule has 0 saturated carbocycles. The Balaban J connectivity index is 1.61. The van der Waals surface area contributed by atoms with E-state index in [4.69, 9.17) is 4.74 Å². The summed E-state index contributed by atoms with van der Waals surface area (Å²) >= 11 is 0. The molecule has 1 aromatic rings. The normalized spacial score (nSPS) is 24.3. The van der Waals surface area contributed by atoms with E-state index >= 15 is 0 Å². The Labute approximate surface area is 90.8 Å². The fraction of sp³-hybridized carbons (Fsp3) is 0.538. The first-order valence-corrected chi connectivity index (χ1v) is 5.70. The third kappa shape index (κ3) is 1.80. The molecular weight excluding hydrogens is 186 g/mol. The van der Waals surface area contributed by atoms with Crippen molar-refractivity contribution in [2.24, 2.45) is 5.41 Å². The first-order valence-electron chi connectivity index (χ1n) is 5.70. The van der Waals surface area contributed by atoms with E-state index in [1.807, 2.05) is 0 Å². The average Bonchev–Trinajstić information content (AvgIpc) is 2.63. The predicted molar refractivity (Wildman–Crippen MR) is 59.6 cm³/mol. The Morgan fingerprint density at radius 3 is 2.60 bits per heavy atom. The van der Waals surface area contributed by atoms with Gasteiger partial charge >= 0.3 is 0 Å². The SMILES string of the molecule is c1ccc(CN2CCC3(COC3)C2)cc1. The molecule has 80 valence electrons. The quantitative estimate of drug-likeness (QED) is 0.728. The van der Waals surface area contributed by atoms with Crippen LogP contribution in [-0.2, 0) is 11.3 Å². The molecule has 2 saturated heterocycles. The molecule has 2 aliphatic heterocycles. The highest BCUT2D eigenvalue weighted by Gasteiger charge is 2.44. The van der Waals surface area contributed by atoms with Gasteiger partial charge in [-0.3, -0.25) is 4.90 Å². The highest BCUT2D eigenvalue weighted by molar-refractivity contribution is 5.15. The molecule has 15 heavy (non-hydrogen) atoms. The van der Waals surface area contributed by atoms with Crippen molar-refractivity contribution < 1.29 is 4.74 Å². The van der Waals surface area contributed by atoms with Gasteiger partial charge in [0.05, 0.1) is 13.2 Å². The molecule has 0 aliphatic carbocycles. The largest absolute Gasteiger partial charge is 0.380 e. The number of ether oxygens (including phenoxy) is 1. The first-order chi connectivity index (χ1) is 7.36. The van der Waals surface area contributed by atoms with Gasteiger partial charge in [-0.1, -0.05) is 30.3 Å². The minimum Gasteiger partial charge on any atom is -0.380 e. The molecule has 0 unspecified atom stereocenters. The van der Waals surface area contributed by atoms with E-state index in [2.05, 4.69) is 35.2 Å². The Hall–Kier alpha value is -0.860. The van der Waals surface area contributed by atoms with Crippen molar-refractivity contribution in [1.82, 2.24) is 4.90 Å². The minimum atomic E-state index is 0.523. The summed E-state index contributed by atoms with van der Waals surface area (Å²) in [5, 5.41) is 0. The van der Waals surface area contributed by atoms with E-state index < -0.39 is 0 Å². The van der Waals surface area contributed by atoms with Gasteiger partial charge in [0, 0.05) is 18.5 Å². The molecule has 2 nitrogen and oxygen atoms in total. The maximum Gasteiger partial charge on any atom is 0.0557 e. The molecule has 0 amide bonds. The molecule has 3 rings (SSSR count). The summed E-state index contributed by atoms with van der Waals surface area (Å²) in [5.74, 6) is 0. The fourth-order valence-electron chi connectivity index (χ4n) is 2.63. The first kappa shape index (κ1) is 9.37. The molecule has 0 N–H and O–H groups in total. The average molecular weight is 203 g/mol. The maximum atomic E-state index is 5.33. The zero-order valence-electron chi connectivity index (χ0n) is 8.98. The zero-order valence-corrected chi connectivity index (χ0v) is 8.98. The molecule has 1 aromatic carbocycles. The summed E-state index contributed by atoms with van der Waals surface area (Å²) in [6, 6.07) is 10.7. The molecule has 0 atom stereocenters. The molecule has 1 spiro atoms. The lowest BCUT2D eigenvalue weighted by molar-refractivity contribution is -0.105. The summed E-state index contributed by atoms with van der Waals surface area (Å²) in [7, 11) is 0. The Morgan fingerprint density at radius 2 is 2.00 bits per heavy atom. The van der Waals surface area contributed by atoms with Crippen LogP contribution in [0.2, 0.25) is 0 Å². The molecule has 0 radical (unpaired) electrons. The monoisotopic (exact) mass is 203 g/mol. The molecule has 2 aliphatic rings. The summed E-state index contributed by atoms with van der Waals surface area (Å²) in [6.45, 7) is 5.53. The van der Waals surface area contributed by atoms with Crippen molar-refractivity contribution in [2.45, 2.75) is 13.0 Å². The Bertz CT molecular complexity index is 332. The number of likely N-dealkylation sites (tertiary alicyclic amines) is 1. The molecule has 2 fully saturated rings. The second kappa shape index (κ2) is 3.62. The van der Waals surface area contributed by atoms with E-state index in [0.29, 0.717) is 5.41 Å². The minimum absolute atomic E-state index is 0.523. The molecular formula is C13H17NO. The number of rotatable bonds is 2. The van der Waals surface area contributed by atoms with E-state index in [9.17, 15) is 0 Å². The van der Waals surface area contributed by atoms with Crippen LogP contribution >= 0.6 is 0 Å². The number of hydrogen-bond donors (Lipinski definition) is 0. The lowest BCUT2D eigenvalue weighted by Crippen LogP contribution is -2.44. The Kier molecular flexibility index (Phi) is 2.26. The smallest absolute Gasteiger partial charge is 0.0557 e. The zero-order chi connectivity index (χ0) is 10.1.